The molecule has 0 bridgehead atoms. The topological polar surface area (TPSA) is 68.9 Å². The van der Waals surface area contributed by atoms with Crippen LogP contribution in [0.3, 0.4) is 0 Å². The third-order valence-corrected chi connectivity index (χ3v) is 2.41. The highest BCUT2D eigenvalue weighted by Gasteiger charge is 2.16. The van der Waals surface area contributed by atoms with E-state index in [1.54, 1.807) is 18.2 Å². The zero-order valence-corrected chi connectivity index (χ0v) is 9.81. The summed E-state index contributed by atoms with van der Waals surface area (Å²) < 4.78 is 0. The maximum atomic E-state index is 10.9. The molecule has 0 fully saturated rings. The van der Waals surface area contributed by atoms with Gasteiger partial charge in [0.15, 0.2) is 0 Å². The molecule has 0 saturated carbocycles. The van der Waals surface area contributed by atoms with Gasteiger partial charge in [-0.3, -0.25) is 10.1 Å². The summed E-state index contributed by atoms with van der Waals surface area (Å²) in [7, 11) is 0. The fourth-order valence-corrected chi connectivity index (χ4v) is 1.79. The second-order valence-corrected chi connectivity index (χ2v) is 3.84. The minimum absolute atomic E-state index is 0.0503. The van der Waals surface area contributed by atoms with Gasteiger partial charge in [0.05, 0.1) is 16.2 Å². The monoisotopic (exact) mass is 269 g/mol. The highest BCUT2D eigenvalue weighted by Crippen LogP contribution is 2.29. The maximum Gasteiger partial charge on any atom is 0.278 e. The molecule has 0 amide bonds. The number of aromatic nitrogens is 2. The van der Waals surface area contributed by atoms with E-state index in [2.05, 4.69) is 9.97 Å². The van der Waals surface area contributed by atoms with E-state index in [0.29, 0.717) is 11.3 Å². The predicted molar refractivity (Wildman–Crippen MR) is 64.1 cm³/mol. The van der Waals surface area contributed by atoms with Gasteiger partial charge in [0.25, 0.3) is 5.69 Å². The molecule has 0 aliphatic carbocycles. The van der Waals surface area contributed by atoms with Crippen LogP contribution >= 0.6 is 23.2 Å². The van der Waals surface area contributed by atoms with Crippen molar-refractivity contribution in [2.24, 2.45) is 0 Å². The van der Waals surface area contributed by atoms with Crippen molar-refractivity contribution in [2.75, 3.05) is 0 Å². The Hall–Kier alpha value is -1.72. The molecular formula is C10H5Cl2N3O2. The quantitative estimate of drug-likeness (QED) is 0.363. The number of nitro groups is 1. The first kappa shape index (κ1) is 11.8. The molecule has 0 radical (unpaired) electrons. The zero-order valence-electron chi connectivity index (χ0n) is 8.30. The van der Waals surface area contributed by atoms with Crippen molar-refractivity contribution in [3.8, 4) is 11.3 Å². The Morgan fingerprint density at radius 1 is 1.18 bits per heavy atom. The molecule has 0 N–H and O–H groups in total. The molecule has 0 saturated heterocycles. The maximum absolute atomic E-state index is 10.9. The normalized spacial score (nSPS) is 10.2. The van der Waals surface area contributed by atoms with Crippen LogP contribution in [0.15, 0.2) is 30.3 Å². The SMILES string of the molecule is O=[N+]([O-])c1ccccc1-c1cc(Cl)nc(Cl)n1. The molecule has 5 nitrogen and oxygen atoms in total. The lowest BCUT2D eigenvalue weighted by Crippen LogP contribution is -1.94. The fraction of sp³-hybridized carbons (Fsp3) is 0. The molecule has 17 heavy (non-hydrogen) atoms. The zero-order chi connectivity index (χ0) is 12.4. The first-order valence-corrected chi connectivity index (χ1v) is 5.27. The van der Waals surface area contributed by atoms with Crippen LogP contribution in [0.25, 0.3) is 11.3 Å². The first-order chi connectivity index (χ1) is 8.08. The lowest BCUT2D eigenvalue weighted by molar-refractivity contribution is -0.384. The Morgan fingerprint density at radius 3 is 2.53 bits per heavy atom. The Labute approximate surface area is 106 Å². The van der Waals surface area contributed by atoms with E-state index in [9.17, 15) is 10.1 Å². The molecule has 0 spiro atoms. The number of hydrogen-bond acceptors (Lipinski definition) is 4. The Morgan fingerprint density at radius 2 is 1.88 bits per heavy atom. The third kappa shape index (κ3) is 2.51. The van der Waals surface area contributed by atoms with Crippen LogP contribution in [0.1, 0.15) is 0 Å². The van der Waals surface area contributed by atoms with Crippen molar-refractivity contribution in [2.45, 2.75) is 0 Å². The van der Waals surface area contributed by atoms with Crippen LogP contribution in [0, 0.1) is 10.1 Å². The molecule has 1 heterocycles. The van der Waals surface area contributed by atoms with Crippen LogP contribution in [0.2, 0.25) is 10.4 Å². The lowest BCUT2D eigenvalue weighted by atomic mass is 10.1. The van der Waals surface area contributed by atoms with E-state index in [-0.39, 0.29) is 16.1 Å². The summed E-state index contributed by atoms with van der Waals surface area (Å²) in [6, 6.07) is 7.64. The van der Waals surface area contributed by atoms with Crippen LogP contribution in [0.5, 0.6) is 0 Å². The van der Waals surface area contributed by atoms with Crippen molar-refractivity contribution in [3.63, 3.8) is 0 Å². The lowest BCUT2D eigenvalue weighted by Gasteiger charge is -2.02. The molecule has 2 aromatic rings. The second kappa shape index (κ2) is 4.65. The van der Waals surface area contributed by atoms with Gasteiger partial charge in [-0.05, 0) is 17.7 Å². The molecule has 2 rings (SSSR count). The van der Waals surface area contributed by atoms with Crippen molar-refractivity contribution < 1.29 is 4.92 Å². The van der Waals surface area contributed by atoms with Gasteiger partial charge in [-0.15, -0.1) is 0 Å². The largest absolute Gasteiger partial charge is 0.278 e. The molecular weight excluding hydrogens is 265 g/mol. The third-order valence-electron chi connectivity index (χ3n) is 2.04. The summed E-state index contributed by atoms with van der Waals surface area (Å²) in [5.41, 5.74) is 0.615. The minimum atomic E-state index is -0.487. The molecule has 0 atom stereocenters. The summed E-state index contributed by atoms with van der Waals surface area (Å²) >= 11 is 11.4. The molecule has 0 aliphatic rings. The Balaban J connectivity index is 2.64. The number of benzene rings is 1. The van der Waals surface area contributed by atoms with Crippen molar-refractivity contribution in [1.82, 2.24) is 9.97 Å². The van der Waals surface area contributed by atoms with Crippen LogP contribution in [0.4, 0.5) is 5.69 Å². The van der Waals surface area contributed by atoms with Gasteiger partial charge in [-0.25, -0.2) is 9.97 Å². The molecule has 0 aliphatic heterocycles. The van der Waals surface area contributed by atoms with Crippen LogP contribution in [-0.4, -0.2) is 14.9 Å². The number of nitro benzene ring substituents is 1. The van der Waals surface area contributed by atoms with Crippen molar-refractivity contribution >= 4 is 28.9 Å². The molecule has 7 heteroatoms. The van der Waals surface area contributed by atoms with Gasteiger partial charge in [-0.1, -0.05) is 23.7 Å². The number of rotatable bonds is 2. The van der Waals surface area contributed by atoms with E-state index in [1.807, 2.05) is 0 Å². The molecule has 1 aromatic heterocycles. The highest BCUT2D eigenvalue weighted by molar-refractivity contribution is 6.32. The van der Waals surface area contributed by atoms with Crippen LogP contribution in [-0.2, 0) is 0 Å². The Kier molecular flexibility index (Phi) is 3.21. The first-order valence-electron chi connectivity index (χ1n) is 4.52. The summed E-state index contributed by atoms with van der Waals surface area (Å²) in [6.45, 7) is 0. The van der Waals surface area contributed by atoms with E-state index >= 15 is 0 Å². The minimum Gasteiger partial charge on any atom is -0.258 e. The van der Waals surface area contributed by atoms with Gasteiger partial charge in [0.1, 0.15) is 5.15 Å². The average Bonchev–Trinajstić information content (AvgIpc) is 2.27. The predicted octanol–water partition coefficient (Wildman–Crippen LogP) is 3.36. The van der Waals surface area contributed by atoms with Gasteiger partial charge in [-0.2, -0.15) is 0 Å². The van der Waals surface area contributed by atoms with Gasteiger partial charge in [0.2, 0.25) is 5.28 Å². The van der Waals surface area contributed by atoms with Crippen molar-refractivity contribution in [3.05, 3.63) is 50.9 Å². The summed E-state index contributed by atoms with van der Waals surface area (Å²) in [6.07, 6.45) is 0. The second-order valence-electron chi connectivity index (χ2n) is 3.12. The van der Waals surface area contributed by atoms with E-state index in [4.69, 9.17) is 23.2 Å². The molecule has 1 aromatic carbocycles. The average molecular weight is 270 g/mol. The van der Waals surface area contributed by atoms with E-state index < -0.39 is 4.92 Å². The number of nitrogens with zero attached hydrogens (tertiary/aromatic N) is 3. The van der Waals surface area contributed by atoms with Gasteiger partial charge >= 0.3 is 0 Å². The Bertz CT molecular complexity index is 569. The smallest absolute Gasteiger partial charge is 0.258 e. The fourth-order valence-electron chi connectivity index (χ4n) is 1.38. The summed E-state index contributed by atoms with van der Waals surface area (Å²) in [5, 5.41) is 10.9. The van der Waals surface area contributed by atoms with Gasteiger partial charge in [0, 0.05) is 12.1 Å². The summed E-state index contributed by atoms with van der Waals surface area (Å²) in [4.78, 5) is 18.0. The number of halogens is 2. The van der Waals surface area contributed by atoms with E-state index in [0.717, 1.165) is 0 Å². The van der Waals surface area contributed by atoms with Gasteiger partial charge < -0.3 is 0 Å². The van der Waals surface area contributed by atoms with Crippen LogP contribution < -0.4 is 0 Å². The van der Waals surface area contributed by atoms with E-state index in [1.165, 1.54) is 12.1 Å². The number of para-hydroxylation sites is 1. The van der Waals surface area contributed by atoms with Crippen molar-refractivity contribution in [1.29, 1.82) is 0 Å². The summed E-state index contributed by atoms with van der Waals surface area (Å²) in [5.74, 6) is 0. The number of hydrogen-bond donors (Lipinski definition) is 0. The highest BCUT2D eigenvalue weighted by atomic mass is 35.5. The standard InChI is InChI=1S/C10H5Cl2N3O2/c11-9-5-7(13-10(12)14-9)6-3-1-2-4-8(6)15(16)17/h1-5H. The molecule has 0 unspecified atom stereocenters. The molecule has 86 valence electrons.